The van der Waals surface area contributed by atoms with E-state index in [2.05, 4.69) is 33.2 Å². The van der Waals surface area contributed by atoms with Gasteiger partial charge < -0.3 is 10.6 Å². The molecule has 0 saturated heterocycles. The standard InChI is InChI=1S/C15H13IN2OS/c1-10(19)11-2-6-13(7-3-11)17-15(20)18-14-8-4-12(16)5-9-14/h2-9H,1H3,(H2,17,18,20). The predicted octanol–water partition coefficient (Wildman–Crippen LogP) is 4.30. The quantitative estimate of drug-likeness (QED) is 0.461. The van der Waals surface area contributed by atoms with Crippen LogP contribution in [0.1, 0.15) is 17.3 Å². The van der Waals surface area contributed by atoms with Crippen molar-refractivity contribution in [1.29, 1.82) is 0 Å². The molecule has 0 aromatic heterocycles. The lowest BCUT2D eigenvalue weighted by atomic mass is 10.1. The molecule has 0 fully saturated rings. The Balaban J connectivity index is 1.97. The maximum atomic E-state index is 11.2. The van der Waals surface area contributed by atoms with Crippen molar-refractivity contribution in [1.82, 2.24) is 0 Å². The molecule has 2 aromatic rings. The Morgan fingerprint density at radius 2 is 1.40 bits per heavy atom. The van der Waals surface area contributed by atoms with E-state index in [1.807, 2.05) is 36.4 Å². The Kier molecular flexibility index (Phi) is 5.08. The minimum Gasteiger partial charge on any atom is -0.332 e. The second kappa shape index (κ2) is 6.81. The summed E-state index contributed by atoms with van der Waals surface area (Å²) in [6.07, 6.45) is 0. The molecule has 0 spiro atoms. The van der Waals surface area contributed by atoms with Crippen LogP contribution in [0, 0.1) is 3.57 Å². The first-order valence-electron chi connectivity index (χ1n) is 5.99. The molecule has 0 bridgehead atoms. The molecule has 2 N–H and O–H groups in total. The molecule has 0 radical (unpaired) electrons. The van der Waals surface area contributed by atoms with E-state index in [1.54, 1.807) is 19.1 Å². The van der Waals surface area contributed by atoms with Gasteiger partial charge in [-0.25, -0.2) is 0 Å². The van der Waals surface area contributed by atoms with Gasteiger partial charge in [0.2, 0.25) is 0 Å². The van der Waals surface area contributed by atoms with Gasteiger partial charge in [0.1, 0.15) is 0 Å². The topological polar surface area (TPSA) is 41.1 Å². The number of anilines is 2. The van der Waals surface area contributed by atoms with Gasteiger partial charge in [-0.3, -0.25) is 4.79 Å². The normalized spacial score (nSPS) is 9.90. The van der Waals surface area contributed by atoms with Crippen molar-refractivity contribution in [3.05, 3.63) is 57.7 Å². The Morgan fingerprint density at radius 1 is 0.950 bits per heavy atom. The van der Waals surface area contributed by atoms with Crippen LogP contribution in [-0.4, -0.2) is 10.9 Å². The summed E-state index contributed by atoms with van der Waals surface area (Å²) in [5.74, 6) is 0.0520. The summed E-state index contributed by atoms with van der Waals surface area (Å²) in [4.78, 5) is 11.2. The summed E-state index contributed by atoms with van der Waals surface area (Å²) in [7, 11) is 0. The number of halogens is 1. The third-order valence-corrected chi connectivity index (χ3v) is 3.57. The number of ketones is 1. The third-order valence-electron chi connectivity index (χ3n) is 2.65. The smallest absolute Gasteiger partial charge is 0.175 e. The maximum absolute atomic E-state index is 11.2. The first-order valence-corrected chi connectivity index (χ1v) is 7.48. The van der Waals surface area contributed by atoms with Crippen LogP contribution in [0.25, 0.3) is 0 Å². The molecule has 2 aromatic carbocycles. The maximum Gasteiger partial charge on any atom is 0.175 e. The van der Waals surface area contributed by atoms with Crippen LogP contribution < -0.4 is 10.6 Å². The highest BCUT2D eigenvalue weighted by Crippen LogP contribution is 2.13. The van der Waals surface area contributed by atoms with E-state index in [-0.39, 0.29) is 5.78 Å². The summed E-state index contributed by atoms with van der Waals surface area (Å²) >= 11 is 7.50. The zero-order chi connectivity index (χ0) is 14.5. The van der Waals surface area contributed by atoms with Gasteiger partial charge in [0.15, 0.2) is 10.9 Å². The highest BCUT2D eigenvalue weighted by Gasteiger charge is 2.01. The number of thiocarbonyl (C=S) groups is 1. The Bertz CT molecular complexity index is 623. The number of benzene rings is 2. The lowest BCUT2D eigenvalue weighted by molar-refractivity contribution is 0.101. The monoisotopic (exact) mass is 396 g/mol. The molecule has 0 heterocycles. The van der Waals surface area contributed by atoms with Gasteiger partial charge in [0, 0.05) is 20.5 Å². The van der Waals surface area contributed by atoms with Crippen LogP contribution in [0.5, 0.6) is 0 Å². The van der Waals surface area contributed by atoms with Gasteiger partial charge in [0.25, 0.3) is 0 Å². The largest absolute Gasteiger partial charge is 0.332 e. The van der Waals surface area contributed by atoms with E-state index in [9.17, 15) is 4.79 Å². The van der Waals surface area contributed by atoms with Gasteiger partial charge in [-0.15, -0.1) is 0 Å². The van der Waals surface area contributed by atoms with Crippen LogP contribution in [0.15, 0.2) is 48.5 Å². The predicted molar refractivity (Wildman–Crippen MR) is 95.4 cm³/mol. The molecule has 0 aliphatic heterocycles. The molecule has 5 heteroatoms. The van der Waals surface area contributed by atoms with E-state index >= 15 is 0 Å². The van der Waals surface area contributed by atoms with E-state index in [0.717, 1.165) is 11.4 Å². The molecular weight excluding hydrogens is 383 g/mol. The van der Waals surface area contributed by atoms with E-state index in [1.165, 1.54) is 3.57 Å². The molecule has 0 aliphatic rings. The van der Waals surface area contributed by atoms with Gasteiger partial charge in [-0.05, 0) is 90.3 Å². The van der Waals surface area contributed by atoms with Crippen molar-refractivity contribution in [3.63, 3.8) is 0 Å². The summed E-state index contributed by atoms with van der Waals surface area (Å²) < 4.78 is 1.17. The van der Waals surface area contributed by atoms with Crippen LogP contribution in [0.2, 0.25) is 0 Å². The average molecular weight is 396 g/mol. The summed E-state index contributed by atoms with van der Waals surface area (Å²) in [6.45, 7) is 1.55. The Hall–Kier alpha value is -1.47. The summed E-state index contributed by atoms with van der Waals surface area (Å²) in [6, 6.07) is 15.2. The molecule has 0 saturated carbocycles. The van der Waals surface area contributed by atoms with Crippen molar-refractivity contribution < 1.29 is 4.79 Å². The number of hydrogen-bond acceptors (Lipinski definition) is 2. The van der Waals surface area contributed by atoms with E-state index < -0.39 is 0 Å². The van der Waals surface area contributed by atoms with Crippen LogP contribution >= 0.6 is 34.8 Å². The van der Waals surface area contributed by atoms with Crippen LogP contribution in [-0.2, 0) is 0 Å². The zero-order valence-electron chi connectivity index (χ0n) is 10.8. The summed E-state index contributed by atoms with van der Waals surface area (Å²) in [5.41, 5.74) is 2.47. The van der Waals surface area contributed by atoms with Gasteiger partial charge in [-0.2, -0.15) is 0 Å². The van der Waals surface area contributed by atoms with Crippen molar-refractivity contribution >= 4 is 57.1 Å². The molecule has 0 amide bonds. The number of nitrogens with one attached hydrogen (secondary N) is 2. The SMILES string of the molecule is CC(=O)c1ccc(NC(=S)Nc2ccc(I)cc2)cc1. The number of rotatable bonds is 3. The number of carbonyl (C=O) groups excluding carboxylic acids is 1. The number of Topliss-reactive ketones (excluding diaryl/α,β-unsaturated/α-hetero) is 1. The Labute approximate surface area is 136 Å². The van der Waals surface area contributed by atoms with Crippen molar-refractivity contribution in [2.24, 2.45) is 0 Å². The number of carbonyl (C=O) groups is 1. The molecule has 2 rings (SSSR count). The molecular formula is C15H13IN2OS. The first kappa shape index (κ1) is 14.9. The number of hydrogen-bond donors (Lipinski definition) is 2. The lowest BCUT2D eigenvalue weighted by Gasteiger charge is -2.10. The van der Waals surface area contributed by atoms with Crippen LogP contribution in [0.3, 0.4) is 0 Å². The second-order valence-corrected chi connectivity index (χ2v) is 5.87. The lowest BCUT2D eigenvalue weighted by Crippen LogP contribution is -2.19. The van der Waals surface area contributed by atoms with Crippen molar-refractivity contribution in [3.8, 4) is 0 Å². The second-order valence-electron chi connectivity index (χ2n) is 4.22. The third kappa shape index (κ3) is 4.28. The minimum absolute atomic E-state index is 0.0520. The zero-order valence-corrected chi connectivity index (χ0v) is 13.8. The highest BCUT2D eigenvalue weighted by atomic mass is 127. The molecule has 0 unspecified atom stereocenters. The molecule has 102 valence electrons. The Morgan fingerprint density at radius 3 is 1.85 bits per heavy atom. The average Bonchev–Trinajstić information content (AvgIpc) is 2.42. The molecule has 20 heavy (non-hydrogen) atoms. The molecule has 3 nitrogen and oxygen atoms in total. The summed E-state index contributed by atoms with van der Waals surface area (Å²) in [5, 5.41) is 6.70. The fraction of sp³-hybridized carbons (Fsp3) is 0.0667. The molecule has 0 aliphatic carbocycles. The molecule has 0 atom stereocenters. The fourth-order valence-corrected chi connectivity index (χ4v) is 2.21. The van der Waals surface area contributed by atoms with Crippen molar-refractivity contribution in [2.45, 2.75) is 6.92 Å². The van der Waals surface area contributed by atoms with Gasteiger partial charge >= 0.3 is 0 Å². The fourth-order valence-electron chi connectivity index (χ4n) is 1.61. The van der Waals surface area contributed by atoms with E-state index in [4.69, 9.17) is 12.2 Å². The van der Waals surface area contributed by atoms with Crippen LogP contribution in [0.4, 0.5) is 11.4 Å². The van der Waals surface area contributed by atoms with Gasteiger partial charge in [-0.1, -0.05) is 0 Å². The first-order chi connectivity index (χ1) is 9.54. The van der Waals surface area contributed by atoms with E-state index in [0.29, 0.717) is 10.7 Å². The van der Waals surface area contributed by atoms with Crippen molar-refractivity contribution in [2.75, 3.05) is 10.6 Å². The minimum atomic E-state index is 0.0520. The highest BCUT2D eigenvalue weighted by molar-refractivity contribution is 14.1. The van der Waals surface area contributed by atoms with Gasteiger partial charge in [0.05, 0.1) is 0 Å².